The Hall–Kier alpha value is -3.52. The highest BCUT2D eigenvalue weighted by Crippen LogP contribution is 2.18. The number of aromatic nitrogens is 4. The summed E-state index contributed by atoms with van der Waals surface area (Å²) in [5.41, 5.74) is 2.15. The highest BCUT2D eigenvalue weighted by atomic mass is 16.5. The van der Waals surface area contributed by atoms with E-state index in [2.05, 4.69) is 37.4 Å². The average Bonchev–Trinajstić information content (AvgIpc) is 3.19. The lowest BCUT2D eigenvalue weighted by atomic mass is 10.1. The van der Waals surface area contributed by atoms with Gasteiger partial charge in [-0.1, -0.05) is 36.4 Å². The van der Waals surface area contributed by atoms with Crippen molar-refractivity contribution in [1.29, 1.82) is 0 Å². The highest BCUT2D eigenvalue weighted by molar-refractivity contribution is 5.88. The van der Waals surface area contributed by atoms with Crippen LogP contribution in [0.15, 0.2) is 42.5 Å². The summed E-state index contributed by atoms with van der Waals surface area (Å²) >= 11 is 0. The first-order chi connectivity index (χ1) is 15.0. The number of aryl methyl sites for hydroxylation is 1. The molecule has 0 spiro atoms. The van der Waals surface area contributed by atoms with Gasteiger partial charge in [0.25, 0.3) is 0 Å². The number of rotatable bonds is 6. The molecule has 0 unspecified atom stereocenters. The summed E-state index contributed by atoms with van der Waals surface area (Å²) in [5, 5.41) is 10.2. The lowest BCUT2D eigenvalue weighted by molar-refractivity contribution is 0.0133. The van der Waals surface area contributed by atoms with Crippen LogP contribution in [0, 0.1) is 6.92 Å². The van der Waals surface area contributed by atoms with E-state index in [4.69, 9.17) is 4.74 Å². The molecule has 4 rings (SSSR count). The number of aromatic amines is 1. The van der Waals surface area contributed by atoms with Crippen molar-refractivity contribution in [1.82, 2.24) is 25.1 Å². The van der Waals surface area contributed by atoms with Crippen LogP contribution >= 0.6 is 0 Å². The maximum Gasteiger partial charge on any atom is 0.357 e. The third kappa shape index (κ3) is 5.76. The number of carbonyl (C=O) groups excluding carboxylic acids is 1. The van der Waals surface area contributed by atoms with Gasteiger partial charge in [0, 0.05) is 30.9 Å². The summed E-state index contributed by atoms with van der Waals surface area (Å²) in [6.07, 6.45) is 5.25. The van der Waals surface area contributed by atoms with E-state index in [1.54, 1.807) is 12.1 Å². The topological polar surface area (TPSA) is 96.0 Å². The second-order valence-corrected chi connectivity index (χ2v) is 7.71. The SMILES string of the molecule is Cc1cc(Nc2cc(C(=O)OC3CCN(C)CC3)nc(/C=C/c3ccccc3)n2)n[nH]1. The van der Waals surface area contributed by atoms with Crippen molar-refractivity contribution in [2.75, 3.05) is 25.5 Å². The zero-order valence-electron chi connectivity index (χ0n) is 17.7. The van der Waals surface area contributed by atoms with Crippen LogP contribution in [0.1, 0.15) is 40.4 Å². The van der Waals surface area contributed by atoms with Gasteiger partial charge in [0.05, 0.1) is 0 Å². The van der Waals surface area contributed by atoms with Crippen LogP contribution in [0.25, 0.3) is 12.2 Å². The number of hydrogen-bond acceptors (Lipinski definition) is 7. The van der Waals surface area contributed by atoms with Gasteiger partial charge in [-0.2, -0.15) is 5.10 Å². The molecule has 160 valence electrons. The van der Waals surface area contributed by atoms with E-state index >= 15 is 0 Å². The zero-order valence-corrected chi connectivity index (χ0v) is 17.7. The van der Waals surface area contributed by atoms with Crippen molar-refractivity contribution in [3.05, 3.63) is 65.2 Å². The molecule has 2 N–H and O–H groups in total. The minimum absolute atomic E-state index is 0.0904. The number of nitrogens with one attached hydrogen (secondary N) is 2. The minimum atomic E-state index is -0.437. The van der Waals surface area contributed by atoms with Gasteiger partial charge in [-0.15, -0.1) is 0 Å². The van der Waals surface area contributed by atoms with Gasteiger partial charge in [0.1, 0.15) is 11.9 Å². The van der Waals surface area contributed by atoms with E-state index in [-0.39, 0.29) is 11.8 Å². The molecule has 0 radical (unpaired) electrons. The average molecular weight is 419 g/mol. The lowest BCUT2D eigenvalue weighted by Crippen LogP contribution is -2.35. The fourth-order valence-electron chi connectivity index (χ4n) is 3.37. The molecule has 2 aromatic heterocycles. The molecule has 1 aliphatic rings. The van der Waals surface area contributed by atoms with Crippen LogP contribution < -0.4 is 5.32 Å². The largest absolute Gasteiger partial charge is 0.458 e. The number of carbonyl (C=O) groups is 1. The van der Waals surface area contributed by atoms with E-state index in [0.29, 0.717) is 17.5 Å². The van der Waals surface area contributed by atoms with Crippen molar-refractivity contribution < 1.29 is 9.53 Å². The summed E-state index contributed by atoms with van der Waals surface area (Å²) in [6.45, 7) is 3.74. The van der Waals surface area contributed by atoms with E-state index in [1.165, 1.54) is 0 Å². The molecule has 3 heterocycles. The van der Waals surface area contributed by atoms with Gasteiger partial charge in [-0.25, -0.2) is 14.8 Å². The summed E-state index contributed by atoms with van der Waals surface area (Å²) in [6, 6.07) is 13.3. The number of hydrogen-bond donors (Lipinski definition) is 2. The molecule has 0 saturated carbocycles. The molecule has 0 amide bonds. The van der Waals surface area contributed by atoms with Crippen molar-refractivity contribution in [2.45, 2.75) is 25.9 Å². The molecule has 1 saturated heterocycles. The zero-order chi connectivity index (χ0) is 21.6. The molecule has 0 atom stereocenters. The fourth-order valence-corrected chi connectivity index (χ4v) is 3.37. The predicted molar refractivity (Wildman–Crippen MR) is 120 cm³/mol. The number of benzene rings is 1. The van der Waals surface area contributed by atoms with Gasteiger partial charge < -0.3 is 15.0 Å². The first-order valence-electron chi connectivity index (χ1n) is 10.4. The molecule has 0 bridgehead atoms. The van der Waals surface area contributed by atoms with E-state index in [1.807, 2.05) is 49.4 Å². The first kappa shape index (κ1) is 20.7. The summed E-state index contributed by atoms with van der Waals surface area (Å²) < 4.78 is 5.72. The van der Waals surface area contributed by atoms with Crippen LogP contribution in [0.3, 0.4) is 0 Å². The Morgan fingerprint density at radius 1 is 1.13 bits per heavy atom. The Balaban J connectivity index is 1.57. The smallest absolute Gasteiger partial charge is 0.357 e. The van der Waals surface area contributed by atoms with Crippen molar-refractivity contribution in [2.24, 2.45) is 0 Å². The van der Waals surface area contributed by atoms with Gasteiger partial charge in [0.2, 0.25) is 0 Å². The molecule has 1 aliphatic heterocycles. The van der Waals surface area contributed by atoms with E-state index in [9.17, 15) is 4.79 Å². The summed E-state index contributed by atoms with van der Waals surface area (Å²) in [7, 11) is 2.07. The monoisotopic (exact) mass is 418 g/mol. The van der Waals surface area contributed by atoms with Crippen LogP contribution in [0.5, 0.6) is 0 Å². The molecule has 31 heavy (non-hydrogen) atoms. The number of likely N-dealkylation sites (tertiary alicyclic amines) is 1. The third-order valence-corrected chi connectivity index (χ3v) is 5.08. The molecular weight excluding hydrogens is 392 g/mol. The predicted octanol–water partition coefficient (Wildman–Crippen LogP) is 3.67. The van der Waals surface area contributed by atoms with Crippen molar-refractivity contribution in [3.63, 3.8) is 0 Å². The fraction of sp³-hybridized carbons (Fsp3) is 0.304. The maximum atomic E-state index is 12.8. The lowest BCUT2D eigenvalue weighted by Gasteiger charge is -2.28. The second-order valence-electron chi connectivity index (χ2n) is 7.71. The standard InChI is InChI=1S/C23H26N6O2/c1-16-14-22(28-27-16)26-21-15-19(23(30)31-18-10-12-29(2)13-11-18)24-20(25-21)9-8-17-6-4-3-5-7-17/h3-9,14-15,18H,10-13H2,1-2H3,(H2,24,25,26,27,28)/b9-8+. The summed E-state index contributed by atoms with van der Waals surface area (Å²) in [5.74, 6) is 1.07. The van der Waals surface area contributed by atoms with E-state index < -0.39 is 5.97 Å². The van der Waals surface area contributed by atoms with Crippen LogP contribution in [0.2, 0.25) is 0 Å². The first-order valence-corrected chi connectivity index (χ1v) is 10.4. The second kappa shape index (κ2) is 9.53. The van der Waals surface area contributed by atoms with Gasteiger partial charge in [-0.05, 0) is 38.5 Å². The number of nitrogens with zero attached hydrogens (tertiary/aromatic N) is 4. The Labute approximate surface area is 181 Å². The third-order valence-electron chi connectivity index (χ3n) is 5.08. The number of esters is 1. The number of anilines is 2. The Bertz CT molecular complexity index is 1050. The maximum absolute atomic E-state index is 12.8. The molecule has 1 fully saturated rings. The van der Waals surface area contributed by atoms with Crippen molar-refractivity contribution >= 4 is 29.8 Å². The Kier molecular flexibility index (Phi) is 6.37. The number of piperidine rings is 1. The van der Waals surface area contributed by atoms with Crippen LogP contribution in [0.4, 0.5) is 11.6 Å². The summed E-state index contributed by atoms with van der Waals surface area (Å²) in [4.78, 5) is 24.0. The van der Waals surface area contributed by atoms with Gasteiger partial charge in [0.15, 0.2) is 17.3 Å². The highest BCUT2D eigenvalue weighted by Gasteiger charge is 2.22. The van der Waals surface area contributed by atoms with Crippen molar-refractivity contribution in [3.8, 4) is 0 Å². The molecule has 1 aromatic carbocycles. The molecule has 8 nitrogen and oxygen atoms in total. The Morgan fingerprint density at radius 3 is 2.61 bits per heavy atom. The quantitative estimate of drug-likeness (QED) is 0.590. The van der Waals surface area contributed by atoms with Crippen LogP contribution in [-0.4, -0.2) is 57.3 Å². The normalized spacial score (nSPS) is 15.3. The molecule has 3 aromatic rings. The Morgan fingerprint density at radius 2 is 1.90 bits per heavy atom. The minimum Gasteiger partial charge on any atom is -0.458 e. The van der Waals surface area contributed by atoms with Gasteiger partial charge >= 0.3 is 5.97 Å². The van der Waals surface area contributed by atoms with Crippen LogP contribution in [-0.2, 0) is 4.74 Å². The van der Waals surface area contributed by atoms with Gasteiger partial charge in [-0.3, -0.25) is 5.10 Å². The molecular formula is C23H26N6O2. The molecule has 8 heteroatoms. The van der Waals surface area contributed by atoms with E-state index in [0.717, 1.165) is 37.2 Å². The molecule has 0 aliphatic carbocycles. The number of H-pyrrole nitrogens is 1. The number of ether oxygens (including phenoxy) is 1.